The zero-order valence-electron chi connectivity index (χ0n) is 14.8. The number of furan rings is 1. The van der Waals surface area contributed by atoms with E-state index >= 15 is 0 Å². The Morgan fingerprint density at radius 2 is 1.93 bits per heavy atom. The van der Waals surface area contributed by atoms with Gasteiger partial charge in [0.2, 0.25) is 0 Å². The summed E-state index contributed by atoms with van der Waals surface area (Å²) in [4.78, 5) is 14.9. The van der Waals surface area contributed by atoms with Crippen LogP contribution >= 0.6 is 0 Å². The second-order valence-electron chi connectivity index (χ2n) is 6.27. The molecule has 0 saturated carbocycles. The average molecular weight is 360 g/mol. The van der Waals surface area contributed by atoms with Gasteiger partial charge in [-0.15, -0.1) is 0 Å². The van der Waals surface area contributed by atoms with Crippen LogP contribution in [0.3, 0.4) is 0 Å². The molecule has 5 nitrogen and oxygen atoms in total. The van der Waals surface area contributed by atoms with Crippen molar-refractivity contribution in [2.45, 2.75) is 12.7 Å². The first-order chi connectivity index (χ1) is 13.3. The first-order valence-corrected chi connectivity index (χ1v) is 8.79. The Morgan fingerprint density at radius 1 is 1.11 bits per heavy atom. The second-order valence-corrected chi connectivity index (χ2v) is 6.27. The number of nitrogens with one attached hydrogen (secondary N) is 1. The van der Waals surface area contributed by atoms with Crippen molar-refractivity contribution in [3.8, 4) is 5.75 Å². The number of para-hydroxylation sites is 1. The summed E-state index contributed by atoms with van der Waals surface area (Å²) in [7, 11) is 0. The predicted octanol–water partition coefficient (Wildman–Crippen LogP) is 4.61. The Bertz CT molecular complexity index is 932. The smallest absolute Gasteiger partial charge is 0.258 e. The molecule has 0 spiro atoms. The number of fused-ring (bicyclic) bond motifs is 1. The van der Waals surface area contributed by atoms with Gasteiger partial charge in [-0.25, -0.2) is 0 Å². The molecule has 0 bridgehead atoms. The van der Waals surface area contributed by atoms with Gasteiger partial charge in [-0.1, -0.05) is 36.9 Å². The first-order valence-electron chi connectivity index (χ1n) is 8.79. The maximum atomic E-state index is 13.1. The number of carbonyl (C=O) groups is 1. The molecule has 5 heteroatoms. The van der Waals surface area contributed by atoms with Gasteiger partial charge in [0, 0.05) is 5.69 Å². The molecule has 4 rings (SSSR count). The minimum atomic E-state index is -0.300. The molecule has 1 atom stereocenters. The summed E-state index contributed by atoms with van der Waals surface area (Å²) >= 11 is 0. The number of hydrogen-bond acceptors (Lipinski definition) is 4. The lowest BCUT2D eigenvalue weighted by Crippen LogP contribution is -2.42. The minimum Gasteiger partial charge on any atom is -0.490 e. The molecule has 136 valence electrons. The molecule has 1 aliphatic heterocycles. The molecule has 0 saturated heterocycles. The third-order valence-electron chi connectivity index (χ3n) is 4.49. The highest BCUT2D eigenvalue weighted by molar-refractivity contribution is 6.01. The van der Waals surface area contributed by atoms with Crippen LogP contribution in [-0.4, -0.2) is 17.4 Å². The van der Waals surface area contributed by atoms with Crippen molar-refractivity contribution in [3.05, 3.63) is 96.5 Å². The number of hydrogen-bond donors (Lipinski definition) is 1. The summed E-state index contributed by atoms with van der Waals surface area (Å²) in [5.74, 6) is 1.47. The minimum absolute atomic E-state index is 0.0299. The molecule has 1 unspecified atom stereocenters. The summed E-state index contributed by atoms with van der Waals surface area (Å²) in [6.45, 7) is 4.49. The van der Waals surface area contributed by atoms with Crippen molar-refractivity contribution in [2.24, 2.45) is 0 Å². The molecule has 0 radical (unpaired) electrons. The number of amides is 1. The van der Waals surface area contributed by atoms with E-state index in [9.17, 15) is 4.79 Å². The highest BCUT2D eigenvalue weighted by Gasteiger charge is 2.33. The van der Waals surface area contributed by atoms with Gasteiger partial charge >= 0.3 is 0 Å². The molecule has 1 N–H and O–H groups in total. The predicted molar refractivity (Wildman–Crippen MR) is 104 cm³/mol. The maximum Gasteiger partial charge on any atom is 0.258 e. The lowest BCUT2D eigenvalue weighted by molar-refractivity contribution is 0.0651. The third kappa shape index (κ3) is 3.44. The monoisotopic (exact) mass is 360 g/mol. The SMILES string of the molecule is C=CCOc1ccc(C2Nc3ccccc3C(=O)N2Cc2ccco2)cc1. The average Bonchev–Trinajstić information content (AvgIpc) is 3.22. The highest BCUT2D eigenvalue weighted by atomic mass is 16.5. The lowest BCUT2D eigenvalue weighted by Gasteiger charge is -2.37. The molecular formula is C22H20N2O3. The molecule has 2 aromatic carbocycles. The molecule has 1 aliphatic rings. The number of anilines is 1. The van der Waals surface area contributed by atoms with Gasteiger partial charge in [0.15, 0.2) is 0 Å². The van der Waals surface area contributed by atoms with Crippen LogP contribution in [0.4, 0.5) is 5.69 Å². The van der Waals surface area contributed by atoms with E-state index in [0.29, 0.717) is 18.7 Å². The maximum absolute atomic E-state index is 13.1. The van der Waals surface area contributed by atoms with Crippen LogP contribution in [0.5, 0.6) is 5.75 Å². The molecule has 1 amide bonds. The van der Waals surface area contributed by atoms with Gasteiger partial charge < -0.3 is 19.4 Å². The van der Waals surface area contributed by atoms with E-state index in [1.807, 2.05) is 60.7 Å². The van der Waals surface area contributed by atoms with Gasteiger partial charge in [0.25, 0.3) is 5.91 Å². The van der Waals surface area contributed by atoms with Crippen LogP contribution in [-0.2, 0) is 6.54 Å². The van der Waals surface area contributed by atoms with E-state index < -0.39 is 0 Å². The Kier molecular flexibility index (Phi) is 4.66. The van der Waals surface area contributed by atoms with Crippen LogP contribution in [0, 0.1) is 0 Å². The number of nitrogens with zero attached hydrogens (tertiary/aromatic N) is 1. The number of ether oxygens (including phenoxy) is 1. The van der Waals surface area contributed by atoms with Crippen molar-refractivity contribution in [1.82, 2.24) is 4.90 Å². The van der Waals surface area contributed by atoms with Crippen molar-refractivity contribution in [3.63, 3.8) is 0 Å². The summed E-state index contributed by atoms with van der Waals surface area (Å²) in [6.07, 6.45) is 3.02. The van der Waals surface area contributed by atoms with Gasteiger partial charge in [0.1, 0.15) is 24.3 Å². The van der Waals surface area contributed by atoms with Crippen molar-refractivity contribution in [1.29, 1.82) is 0 Å². The second kappa shape index (κ2) is 7.41. The number of rotatable bonds is 6. The Hall–Kier alpha value is -3.47. The highest BCUT2D eigenvalue weighted by Crippen LogP contribution is 2.34. The van der Waals surface area contributed by atoms with Crippen LogP contribution in [0.2, 0.25) is 0 Å². The van der Waals surface area contributed by atoms with Crippen molar-refractivity contribution >= 4 is 11.6 Å². The van der Waals surface area contributed by atoms with Crippen LogP contribution in [0.25, 0.3) is 0 Å². The van der Waals surface area contributed by atoms with E-state index in [1.54, 1.807) is 17.2 Å². The van der Waals surface area contributed by atoms with Gasteiger partial charge in [-0.3, -0.25) is 4.79 Å². The van der Waals surface area contributed by atoms with E-state index in [1.165, 1.54) is 0 Å². The first kappa shape index (κ1) is 17.0. The fourth-order valence-corrected chi connectivity index (χ4v) is 3.19. The number of benzene rings is 2. The fourth-order valence-electron chi connectivity index (χ4n) is 3.19. The lowest BCUT2D eigenvalue weighted by atomic mass is 10.0. The molecule has 2 heterocycles. The van der Waals surface area contributed by atoms with Gasteiger partial charge in [-0.2, -0.15) is 0 Å². The molecule has 3 aromatic rings. The third-order valence-corrected chi connectivity index (χ3v) is 4.49. The number of carbonyl (C=O) groups excluding carboxylic acids is 1. The van der Waals surface area contributed by atoms with Gasteiger partial charge in [0.05, 0.1) is 18.4 Å². The summed E-state index contributed by atoms with van der Waals surface area (Å²) in [6, 6.07) is 19.0. The quantitative estimate of drug-likeness (QED) is 0.652. The normalized spacial score (nSPS) is 15.8. The van der Waals surface area contributed by atoms with Crippen molar-refractivity contribution in [2.75, 3.05) is 11.9 Å². The fraction of sp³-hybridized carbons (Fsp3) is 0.136. The van der Waals surface area contributed by atoms with Gasteiger partial charge in [-0.05, 0) is 42.0 Å². The topological polar surface area (TPSA) is 54.7 Å². The Balaban J connectivity index is 1.67. The molecule has 0 aliphatic carbocycles. The largest absolute Gasteiger partial charge is 0.490 e. The van der Waals surface area contributed by atoms with E-state index in [4.69, 9.17) is 9.15 Å². The summed E-state index contributed by atoms with van der Waals surface area (Å²) < 4.78 is 11.0. The zero-order chi connectivity index (χ0) is 18.6. The Labute approximate surface area is 157 Å². The zero-order valence-corrected chi connectivity index (χ0v) is 14.8. The van der Waals surface area contributed by atoms with E-state index in [-0.39, 0.29) is 12.1 Å². The van der Waals surface area contributed by atoms with Crippen molar-refractivity contribution < 1.29 is 13.9 Å². The summed E-state index contributed by atoms with van der Waals surface area (Å²) in [5, 5.41) is 3.48. The van der Waals surface area contributed by atoms with Crippen LogP contribution < -0.4 is 10.1 Å². The van der Waals surface area contributed by atoms with Crippen LogP contribution in [0.1, 0.15) is 27.8 Å². The van der Waals surface area contributed by atoms with Crippen LogP contribution in [0.15, 0.2) is 84.0 Å². The standard InChI is InChI=1S/C22H20N2O3/c1-2-13-26-17-11-9-16(10-12-17)21-23-20-8-4-3-7-19(20)22(25)24(21)15-18-6-5-14-27-18/h2-12,14,21,23H,1,13,15H2. The Morgan fingerprint density at radius 3 is 2.67 bits per heavy atom. The molecule has 0 fully saturated rings. The molecule has 1 aromatic heterocycles. The molecule has 27 heavy (non-hydrogen) atoms. The van der Waals surface area contributed by atoms with E-state index in [2.05, 4.69) is 11.9 Å². The summed E-state index contributed by atoms with van der Waals surface area (Å²) in [5.41, 5.74) is 2.46. The molecular weight excluding hydrogens is 340 g/mol. The van der Waals surface area contributed by atoms with E-state index in [0.717, 1.165) is 22.8 Å².